The maximum absolute atomic E-state index is 11.9. The summed E-state index contributed by atoms with van der Waals surface area (Å²) in [7, 11) is 1.52. The van der Waals surface area contributed by atoms with Crippen LogP contribution in [0.5, 0.6) is 5.75 Å². The highest BCUT2D eigenvalue weighted by molar-refractivity contribution is 7.12. The normalized spacial score (nSPS) is 9.94. The highest BCUT2D eigenvalue weighted by Gasteiger charge is 2.15. The minimum atomic E-state index is -0.276. The lowest BCUT2D eigenvalue weighted by Crippen LogP contribution is -2.13. The van der Waals surface area contributed by atoms with Gasteiger partial charge in [0.25, 0.3) is 5.91 Å². The van der Waals surface area contributed by atoms with Crippen LogP contribution in [0, 0.1) is 0 Å². The molecule has 0 aliphatic rings. The van der Waals surface area contributed by atoms with Crippen LogP contribution in [-0.2, 0) is 0 Å². The van der Waals surface area contributed by atoms with Crippen molar-refractivity contribution in [2.75, 3.05) is 18.2 Å². The topological polar surface area (TPSA) is 77.2 Å². The Morgan fingerprint density at radius 3 is 3.06 bits per heavy atom. The Hall–Kier alpha value is -2.08. The van der Waals surface area contributed by atoms with E-state index in [1.807, 2.05) is 0 Å². The molecule has 2 heterocycles. The third-order valence-electron chi connectivity index (χ3n) is 2.13. The molecule has 0 spiro atoms. The van der Waals surface area contributed by atoms with E-state index in [1.54, 1.807) is 29.8 Å². The number of pyridine rings is 1. The first-order valence-electron chi connectivity index (χ1n) is 4.85. The lowest BCUT2D eigenvalue weighted by molar-refractivity contribution is 0.102. The average molecular weight is 249 g/mol. The molecule has 0 aliphatic heterocycles. The van der Waals surface area contributed by atoms with Crippen LogP contribution in [0.15, 0.2) is 29.8 Å². The third-order valence-corrected chi connectivity index (χ3v) is 3.02. The molecule has 0 radical (unpaired) electrons. The molecule has 1 amide bonds. The van der Waals surface area contributed by atoms with Gasteiger partial charge in [-0.3, -0.25) is 4.79 Å². The van der Waals surface area contributed by atoms with Crippen molar-refractivity contribution in [3.63, 3.8) is 0 Å². The fourth-order valence-corrected chi connectivity index (χ4v) is 2.06. The van der Waals surface area contributed by atoms with Gasteiger partial charge >= 0.3 is 0 Å². The van der Waals surface area contributed by atoms with Gasteiger partial charge in [-0.05, 0) is 23.6 Å². The summed E-state index contributed by atoms with van der Waals surface area (Å²) in [4.78, 5) is 16.4. The smallest absolute Gasteiger partial charge is 0.270 e. The van der Waals surface area contributed by atoms with Gasteiger partial charge in [-0.25, -0.2) is 4.98 Å². The van der Waals surface area contributed by atoms with Crippen molar-refractivity contribution in [1.82, 2.24) is 4.98 Å². The molecular formula is C11H11N3O2S. The maximum Gasteiger partial charge on any atom is 0.270 e. The number of anilines is 2. The summed E-state index contributed by atoms with van der Waals surface area (Å²) in [5, 5.41) is 4.43. The number of hydrogen-bond acceptors (Lipinski definition) is 5. The van der Waals surface area contributed by atoms with Gasteiger partial charge in [0, 0.05) is 6.20 Å². The second kappa shape index (κ2) is 4.84. The fraction of sp³-hybridized carbons (Fsp3) is 0.0909. The zero-order chi connectivity index (χ0) is 12.3. The Labute approximate surface area is 102 Å². The molecule has 0 fully saturated rings. The highest BCUT2D eigenvalue weighted by atomic mass is 32.1. The minimum Gasteiger partial charge on any atom is -0.495 e. The van der Waals surface area contributed by atoms with Crippen LogP contribution in [0.3, 0.4) is 0 Å². The lowest BCUT2D eigenvalue weighted by Gasteiger charge is -2.06. The van der Waals surface area contributed by atoms with Crippen molar-refractivity contribution < 1.29 is 9.53 Å². The van der Waals surface area contributed by atoms with E-state index < -0.39 is 0 Å². The van der Waals surface area contributed by atoms with Crippen LogP contribution in [0.2, 0.25) is 0 Å². The van der Waals surface area contributed by atoms with E-state index in [0.29, 0.717) is 22.1 Å². The number of ether oxygens (including phenoxy) is 1. The van der Waals surface area contributed by atoms with Gasteiger partial charge in [-0.15, -0.1) is 11.3 Å². The van der Waals surface area contributed by atoms with Crippen LogP contribution >= 0.6 is 11.3 Å². The quantitative estimate of drug-likeness (QED) is 0.872. The van der Waals surface area contributed by atoms with Gasteiger partial charge in [-0.1, -0.05) is 0 Å². The van der Waals surface area contributed by atoms with Crippen LogP contribution in [0.1, 0.15) is 9.67 Å². The second-order valence-electron chi connectivity index (χ2n) is 3.21. The summed E-state index contributed by atoms with van der Waals surface area (Å²) in [6.45, 7) is 0. The molecule has 5 nitrogen and oxygen atoms in total. The molecular weight excluding hydrogens is 238 g/mol. The van der Waals surface area contributed by atoms with Crippen LogP contribution in [0.25, 0.3) is 0 Å². The molecule has 6 heteroatoms. The number of amides is 1. The zero-order valence-electron chi connectivity index (χ0n) is 9.14. The third kappa shape index (κ3) is 2.36. The Morgan fingerprint density at radius 2 is 2.35 bits per heavy atom. The van der Waals surface area contributed by atoms with E-state index >= 15 is 0 Å². The van der Waals surface area contributed by atoms with Gasteiger partial charge in [0.1, 0.15) is 10.6 Å². The van der Waals surface area contributed by atoms with Gasteiger partial charge < -0.3 is 15.8 Å². The van der Waals surface area contributed by atoms with Crippen molar-refractivity contribution in [1.29, 1.82) is 0 Å². The van der Waals surface area contributed by atoms with Crippen molar-refractivity contribution in [3.8, 4) is 5.75 Å². The molecule has 88 valence electrons. The van der Waals surface area contributed by atoms with Crippen LogP contribution in [0.4, 0.5) is 11.5 Å². The second-order valence-corrected chi connectivity index (χ2v) is 4.13. The van der Waals surface area contributed by atoms with E-state index in [9.17, 15) is 4.79 Å². The van der Waals surface area contributed by atoms with E-state index in [2.05, 4.69) is 10.3 Å². The molecule has 3 N–H and O–H groups in total. The maximum atomic E-state index is 11.9. The van der Waals surface area contributed by atoms with Crippen LogP contribution in [-0.4, -0.2) is 18.0 Å². The van der Waals surface area contributed by atoms with E-state index in [1.165, 1.54) is 18.4 Å². The van der Waals surface area contributed by atoms with Gasteiger partial charge in [0.2, 0.25) is 0 Å². The zero-order valence-corrected chi connectivity index (χ0v) is 9.95. The molecule has 0 aliphatic carbocycles. The number of methoxy groups -OCH3 is 1. The number of rotatable bonds is 3. The first-order chi connectivity index (χ1) is 8.22. The standard InChI is InChI=1S/C11H11N3O2S/c1-16-8-4-6-17-9(8)11(15)14-10-7(12)3-2-5-13-10/h2-6H,12H2,1H3,(H,13,14,15). The SMILES string of the molecule is COc1ccsc1C(=O)Nc1ncccc1N. The van der Waals surface area contributed by atoms with E-state index in [0.717, 1.165) is 0 Å². The predicted molar refractivity (Wildman–Crippen MR) is 67.5 cm³/mol. The number of thiophene rings is 1. The summed E-state index contributed by atoms with van der Waals surface area (Å²) in [6.07, 6.45) is 1.57. The largest absolute Gasteiger partial charge is 0.495 e. The van der Waals surface area contributed by atoms with Crippen LogP contribution < -0.4 is 15.8 Å². The lowest BCUT2D eigenvalue weighted by atomic mass is 10.3. The molecule has 2 aromatic heterocycles. The number of nitrogens with two attached hydrogens (primary N) is 1. The molecule has 17 heavy (non-hydrogen) atoms. The number of nitrogens with zero attached hydrogens (tertiary/aromatic N) is 1. The minimum absolute atomic E-state index is 0.276. The molecule has 2 aromatic rings. The number of carbonyl (C=O) groups is 1. The average Bonchev–Trinajstić information content (AvgIpc) is 2.80. The molecule has 0 saturated carbocycles. The monoisotopic (exact) mass is 249 g/mol. The number of aromatic nitrogens is 1. The van der Waals surface area contributed by atoms with Gasteiger partial charge in [0.05, 0.1) is 12.8 Å². The molecule has 2 rings (SSSR count). The van der Waals surface area contributed by atoms with E-state index in [4.69, 9.17) is 10.5 Å². The molecule has 0 saturated heterocycles. The number of nitrogen functional groups attached to an aromatic ring is 1. The van der Waals surface area contributed by atoms with Crippen molar-refractivity contribution >= 4 is 28.7 Å². The number of hydrogen-bond donors (Lipinski definition) is 2. The van der Waals surface area contributed by atoms with Crippen molar-refractivity contribution in [3.05, 3.63) is 34.7 Å². The molecule has 0 atom stereocenters. The molecule has 0 bridgehead atoms. The predicted octanol–water partition coefficient (Wildman–Crippen LogP) is 1.99. The Balaban J connectivity index is 2.20. The summed E-state index contributed by atoms with van der Waals surface area (Å²) in [6, 6.07) is 5.12. The summed E-state index contributed by atoms with van der Waals surface area (Å²) >= 11 is 1.30. The summed E-state index contributed by atoms with van der Waals surface area (Å²) in [5.74, 6) is 0.622. The molecule has 0 aromatic carbocycles. The van der Waals surface area contributed by atoms with Crippen molar-refractivity contribution in [2.24, 2.45) is 0 Å². The summed E-state index contributed by atoms with van der Waals surface area (Å²) in [5.41, 5.74) is 6.11. The number of nitrogens with one attached hydrogen (secondary N) is 1. The Kier molecular flexibility index (Phi) is 3.24. The Bertz CT molecular complexity index is 539. The van der Waals surface area contributed by atoms with Gasteiger partial charge in [-0.2, -0.15) is 0 Å². The highest BCUT2D eigenvalue weighted by Crippen LogP contribution is 2.25. The van der Waals surface area contributed by atoms with E-state index in [-0.39, 0.29) is 5.91 Å². The van der Waals surface area contributed by atoms with Gasteiger partial charge in [0.15, 0.2) is 5.82 Å². The van der Waals surface area contributed by atoms with Crippen molar-refractivity contribution in [2.45, 2.75) is 0 Å². The first kappa shape index (κ1) is 11.4. The first-order valence-corrected chi connectivity index (χ1v) is 5.73. The Morgan fingerprint density at radius 1 is 1.53 bits per heavy atom. The number of carbonyl (C=O) groups excluding carboxylic acids is 1. The molecule has 0 unspecified atom stereocenters. The summed E-state index contributed by atoms with van der Waals surface area (Å²) < 4.78 is 5.07. The fourth-order valence-electron chi connectivity index (χ4n) is 1.31.